The first kappa shape index (κ1) is 41.6. The van der Waals surface area contributed by atoms with Crippen LogP contribution in [0, 0.1) is 0 Å². The lowest BCUT2D eigenvalue weighted by Crippen LogP contribution is -2.27. The van der Waals surface area contributed by atoms with E-state index in [2.05, 4.69) is 36.8 Å². The van der Waals surface area contributed by atoms with Gasteiger partial charge in [-0.2, -0.15) is 24.5 Å². The van der Waals surface area contributed by atoms with Crippen molar-refractivity contribution in [2.75, 3.05) is 26.2 Å². The average molecular weight is 493 g/mol. The minimum absolute atomic E-state index is 0.694. The smallest absolute Gasteiger partial charge is 0.209 e. The maximum absolute atomic E-state index is 9.04. The van der Waals surface area contributed by atoms with Crippen LogP contribution in [0.1, 0.15) is 0 Å². The van der Waals surface area contributed by atoms with E-state index in [0.29, 0.717) is 13.1 Å². The topological polar surface area (TPSA) is 281 Å². The quantitative estimate of drug-likeness (QED) is 0.134. The van der Waals surface area contributed by atoms with Crippen molar-refractivity contribution < 1.29 is 48.9 Å². The molecule has 0 spiro atoms. The first-order chi connectivity index (χ1) is 12.1. The fourth-order valence-corrected chi connectivity index (χ4v) is 0.329. The molecule has 164 valence electrons. The van der Waals surface area contributed by atoms with Gasteiger partial charge in [-0.3, -0.25) is 0 Å². The number of hydrogen-bond acceptors (Lipinski definition) is 13. The van der Waals surface area contributed by atoms with Gasteiger partial charge in [0.2, 0.25) is 40.0 Å². The third-order valence-corrected chi connectivity index (χ3v) is 0.642. The van der Waals surface area contributed by atoms with Crippen LogP contribution in [0.4, 0.5) is 0 Å². The normalized spacial score (nSPS) is 10.6. The molecular weight excluding hydrogens is 465 g/mol. The van der Waals surface area contributed by atoms with E-state index in [-0.39, 0.29) is 0 Å². The molecule has 0 aromatic heterocycles. The van der Waals surface area contributed by atoms with Crippen LogP contribution >= 0.6 is 40.0 Å². The van der Waals surface area contributed by atoms with E-state index in [1.54, 1.807) is 0 Å². The molecule has 27 heavy (non-hydrogen) atoms. The highest BCUT2D eigenvalue weighted by Gasteiger charge is 1.76. The van der Waals surface area contributed by atoms with E-state index in [9.17, 15) is 0 Å². The molecule has 18 heteroatoms. The second-order valence-electron chi connectivity index (χ2n) is 3.09. The Hall–Kier alpha value is 0.330. The predicted octanol–water partition coefficient (Wildman–Crippen LogP) is -6.09. The van der Waals surface area contributed by atoms with Crippen LogP contribution in [-0.2, 0) is 0 Å². The van der Waals surface area contributed by atoms with Crippen molar-refractivity contribution >= 4 is 71.5 Å². The van der Waals surface area contributed by atoms with Crippen LogP contribution in [0.2, 0.25) is 0 Å². The van der Waals surface area contributed by atoms with E-state index in [0.717, 1.165) is 13.1 Å². The van der Waals surface area contributed by atoms with Crippen LogP contribution in [0.3, 0.4) is 0 Å². The van der Waals surface area contributed by atoms with Crippen molar-refractivity contribution in [3.05, 3.63) is 0 Å². The molecule has 0 bridgehead atoms. The zero-order chi connectivity index (χ0) is 23.4. The van der Waals surface area contributed by atoms with Gasteiger partial charge in [0.25, 0.3) is 0 Å². The van der Waals surface area contributed by atoms with Gasteiger partial charge in [0.05, 0.1) is 0 Å². The summed E-state index contributed by atoms with van der Waals surface area (Å²) >= 11 is 0. The van der Waals surface area contributed by atoms with E-state index >= 15 is 0 Å². The van der Waals surface area contributed by atoms with Crippen molar-refractivity contribution in [1.82, 2.24) is 5.32 Å². The lowest BCUT2D eigenvalue weighted by Gasteiger charge is -1.95. The van der Waals surface area contributed by atoms with Crippen LogP contribution in [-0.4, -0.2) is 82.1 Å². The van der Waals surface area contributed by atoms with E-state index in [4.69, 9.17) is 60.4 Å². The summed E-state index contributed by atoms with van der Waals surface area (Å²) in [5.41, 5.74) is 10.3. The molecule has 0 fully saturated rings. The fourth-order valence-electron chi connectivity index (χ4n) is 0.329. The zero-order valence-electron chi connectivity index (χ0n) is 14.5. The molecule has 0 radical (unpaired) electrons. The third-order valence-electron chi connectivity index (χ3n) is 0.642. The second-order valence-corrected chi connectivity index (χ2v) is 6.61. The lowest BCUT2D eigenvalue weighted by atomic mass is 10.6. The summed E-state index contributed by atoms with van der Waals surface area (Å²) in [6.45, 7) is 3.13. The van der Waals surface area contributed by atoms with Gasteiger partial charge < -0.3 is 41.3 Å². The Kier molecular flexibility index (Phi) is 63.0. The summed E-state index contributed by atoms with van der Waals surface area (Å²) < 4.78 is 0. The Morgan fingerprint density at radius 2 is 0.667 bits per heavy atom. The summed E-state index contributed by atoms with van der Waals surface area (Å²) in [7, 11) is -10.6. The van der Waals surface area contributed by atoms with Gasteiger partial charge in [0.1, 0.15) is 31.5 Å². The Morgan fingerprint density at radius 1 is 0.556 bits per heavy atom. The largest absolute Gasteiger partial charge is 0.604 e. The average Bonchev–Trinajstić information content (AvgIpc) is 2.35. The lowest BCUT2D eigenvalue weighted by molar-refractivity contribution is -0.168. The van der Waals surface area contributed by atoms with E-state index in [1.165, 1.54) is 0 Å². The van der Waals surface area contributed by atoms with Gasteiger partial charge in [-0.15, -0.1) is 0 Å². The second kappa shape index (κ2) is 40.9. The predicted molar refractivity (Wildman–Crippen MR) is 112 cm³/mol. The molecule has 0 aliphatic carbocycles. The summed E-state index contributed by atoms with van der Waals surface area (Å²) in [5, 5.41) is 3.03. The standard InChI is InChI=1S/C4H13N3.5CH3O2P/c5-1-3-7-4-2-6;5*1-4(2)3/h7H,1-6H2;5*1H2,(H,2,3). The monoisotopic (exact) mass is 493 g/mol. The molecule has 0 rings (SSSR count). The highest BCUT2D eigenvalue weighted by Crippen LogP contribution is 1.89. The Bertz CT molecular complexity index is 296. The zero-order valence-corrected chi connectivity index (χ0v) is 19.0. The van der Waals surface area contributed by atoms with Crippen molar-refractivity contribution in [3.63, 3.8) is 0 Å². The van der Waals surface area contributed by atoms with Gasteiger partial charge in [0.15, 0.2) is 0 Å². The van der Waals surface area contributed by atoms with Crippen LogP contribution in [0.25, 0.3) is 0 Å². The van der Waals surface area contributed by atoms with Crippen LogP contribution < -0.4 is 41.3 Å². The minimum Gasteiger partial charge on any atom is -0.604 e. The maximum atomic E-state index is 9.04. The van der Waals surface area contributed by atoms with Gasteiger partial charge in [0, 0.05) is 26.2 Å². The highest BCUT2D eigenvalue weighted by atomic mass is 31.1. The molecule has 10 N–H and O–H groups in total. The first-order valence-electron chi connectivity index (χ1n) is 6.02. The molecule has 0 saturated carbocycles. The molecule has 0 amide bonds. The molecule has 0 aliphatic rings. The van der Waals surface area contributed by atoms with Crippen molar-refractivity contribution in [1.29, 1.82) is 0 Å². The number of nitrogens with two attached hydrogens (primary N) is 2. The SMILES string of the molecule is C=[P+]([O-])O.C=[P+]([O-])O.C=[P+]([O-])O.C=[P+]([O-])O.C=[P+]([O-])O.NCCNCCN. The Labute approximate surface area is 164 Å². The third kappa shape index (κ3) is 831. The van der Waals surface area contributed by atoms with Crippen LogP contribution in [0.5, 0.6) is 0 Å². The summed E-state index contributed by atoms with van der Waals surface area (Å²) in [4.78, 5) is 82.5. The summed E-state index contributed by atoms with van der Waals surface area (Å²) in [6.07, 6.45) is 13.5. The van der Waals surface area contributed by atoms with Gasteiger partial charge in [-0.25, -0.2) is 0 Å². The molecule has 5 unspecified atom stereocenters. The van der Waals surface area contributed by atoms with Gasteiger partial charge in [-0.1, -0.05) is 0 Å². The molecule has 13 nitrogen and oxygen atoms in total. The molecule has 5 atom stereocenters. The van der Waals surface area contributed by atoms with Gasteiger partial charge >= 0.3 is 0 Å². The molecule has 0 aromatic carbocycles. The number of hydrogen-bond donors (Lipinski definition) is 8. The highest BCUT2D eigenvalue weighted by molar-refractivity contribution is 7.42. The number of nitrogens with one attached hydrogen (secondary N) is 1. The molecule has 0 aliphatic heterocycles. The van der Waals surface area contributed by atoms with Crippen molar-refractivity contribution in [2.45, 2.75) is 0 Å². The van der Waals surface area contributed by atoms with Gasteiger partial charge in [-0.05, 0) is 0 Å². The summed E-state index contributed by atoms with van der Waals surface area (Å²) in [5.74, 6) is 0. The number of rotatable bonds is 4. The Balaban J connectivity index is -0.0000000500. The Morgan fingerprint density at radius 3 is 0.741 bits per heavy atom. The van der Waals surface area contributed by atoms with Crippen molar-refractivity contribution in [2.24, 2.45) is 11.5 Å². The van der Waals surface area contributed by atoms with Crippen molar-refractivity contribution in [3.8, 4) is 0 Å². The minimum atomic E-state index is -2.12. The summed E-state index contributed by atoms with van der Waals surface area (Å²) in [6, 6.07) is 0. The maximum Gasteiger partial charge on any atom is 0.209 e. The van der Waals surface area contributed by atoms with E-state index < -0.39 is 40.0 Å². The molecular formula is C9H28N3O10P5. The molecule has 0 heterocycles. The molecule has 0 saturated heterocycles. The van der Waals surface area contributed by atoms with Crippen LogP contribution in [0.15, 0.2) is 0 Å². The first-order valence-corrected chi connectivity index (χ1v) is 13.0. The fraction of sp³-hybridized carbons (Fsp3) is 0.444. The molecule has 0 aromatic rings. The van der Waals surface area contributed by atoms with E-state index in [1.807, 2.05) is 0 Å².